The Kier molecular flexibility index (Phi) is 4.76. The molecule has 1 heterocycles. The molecule has 0 unspecified atom stereocenters. The van der Waals surface area contributed by atoms with Crippen molar-refractivity contribution in [2.24, 2.45) is 0 Å². The first-order chi connectivity index (χ1) is 11.5. The minimum atomic E-state index is -0.305. The Morgan fingerprint density at radius 1 is 1.04 bits per heavy atom. The van der Waals surface area contributed by atoms with Gasteiger partial charge in [-0.3, -0.25) is 0 Å². The molecular weight excluding hydrogens is 318 g/mol. The van der Waals surface area contributed by atoms with Crippen LogP contribution in [0.25, 0.3) is 10.6 Å². The zero-order valence-electron chi connectivity index (χ0n) is 14.0. The van der Waals surface area contributed by atoms with E-state index in [0.29, 0.717) is 5.56 Å². The summed E-state index contributed by atoms with van der Waals surface area (Å²) < 4.78 is 5.42. The number of hydrogen-bond acceptors (Lipinski definition) is 4. The van der Waals surface area contributed by atoms with E-state index in [1.54, 1.807) is 11.3 Å². The van der Waals surface area contributed by atoms with Crippen LogP contribution in [0.4, 0.5) is 0 Å². The maximum absolute atomic E-state index is 12.3. The van der Waals surface area contributed by atoms with Crippen molar-refractivity contribution in [3.05, 3.63) is 75.8 Å². The molecule has 0 atom stereocenters. The van der Waals surface area contributed by atoms with Gasteiger partial charge in [-0.05, 0) is 32.4 Å². The molecule has 0 aliphatic heterocycles. The Hall–Kier alpha value is -2.46. The topological polar surface area (TPSA) is 39.2 Å². The van der Waals surface area contributed by atoms with E-state index in [1.807, 2.05) is 37.4 Å². The predicted molar refractivity (Wildman–Crippen MR) is 97.3 cm³/mol. The molecule has 3 nitrogen and oxygen atoms in total. The third-order valence-electron chi connectivity index (χ3n) is 3.81. The third-order valence-corrected chi connectivity index (χ3v) is 4.75. The molecule has 0 aliphatic carbocycles. The van der Waals surface area contributed by atoms with Crippen molar-refractivity contribution in [2.45, 2.75) is 27.4 Å². The maximum atomic E-state index is 12.3. The molecule has 0 radical (unpaired) electrons. The number of ether oxygens (including phenoxy) is 1. The highest BCUT2D eigenvalue weighted by atomic mass is 32.1. The van der Waals surface area contributed by atoms with Gasteiger partial charge in [-0.15, -0.1) is 11.3 Å². The number of rotatable bonds is 4. The van der Waals surface area contributed by atoms with Crippen LogP contribution in [0.2, 0.25) is 0 Å². The summed E-state index contributed by atoms with van der Waals surface area (Å²) in [6.45, 7) is 6.12. The third kappa shape index (κ3) is 3.71. The number of esters is 1. The van der Waals surface area contributed by atoms with E-state index in [0.717, 1.165) is 27.4 Å². The van der Waals surface area contributed by atoms with Crippen LogP contribution >= 0.6 is 11.3 Å². The van der Waals surface area contributed by atoms with Gasteiger partial charge in [0.15, 0.2) is 0 Å². The number of thiazole rings is 1. The maximum Gasteiger partial charge on any atom is 0.338 e. The standard InChI is InChI=1S/C20H19NO2S/c1-13-5-8-16(9-6-13)19-21-17(12-24-19)11-23-20(22)18-10-14(2)4-7-15(18)3/h4-10,12H,11H2,1-3H3. The first-order valence-electron chi connectivity index (χ1n) is 7.79. The Labute approximate surface area is 146 Å². The van der Waals surface area contributed by atoms with Crippen molar-refractivity contribution in [1.29, 1.82) is 0 Å². The quantitative estimate of drug-likeness (QED) is 0.622. The summed E-state index contributed by atoms with van der Waals surface area (Å²) in [6, 6.07) is 14.0. The molecule has 24 heavy (non-hydrogen) atoms. The van der Waals surface area contributed by atoms with Crippen molar-refractivity contribution < 1.29 is 9.53 Å². The molecule has 0 spiro atoms. The SMILES string of the molecule is Cc1ccc(-c2nc(COC(=O)c3cc(C)ccc3C)cs2)cc1. The average molecular weight is 337 g/mol. The smallest absolute Gasteiger partial charge is 0.338 e. The monoisotopic (exact) mass is 337 g/mol. The molecule has 0 fully saturated rings. The van der Waals surface area contributed by atoms with E-state index < -0.39 is 0 Å². The summed E-state index contributed by atoms with van der Waals surface area (Å²) in [7, 11) is 0. The van der Waals surface area contributed by atoms with Gasteiger partial charge in [0, 0.05) is 10.9 Å². The van der Waals surface area contributed by atoms with Crippen LogP contribution in [0.15, 0.2) is 47.8 Å². The van der Waals surface area contributed by atoms with Gasteiger partial charge in [0.25, 0.3) is 0 Å². The van der Waals surface area contributed by atoms with Crippen molar-refractivity contribution in [3.63, 3.8) is 0 Å². The Morgan fingerprint density at radius 2 is 1.75 bits per heavy atom. The molecular formula is C20H19NO2S. The summed E-state index contributed by atoms with van der Waals surface area (Å²) in [6.07, 6.45) is 0. The number of aromatic nitrogens is 1. The molecule has 0 bridgehead atoms. The van der Waals surface area contributed by atoms with Crippen molar-refractivity contribution in [1.82, 2.24) is 4.98 Å². The van der Waals surface area contributed by atoms with Gasteiger partial charge in [-0.1, -0.05) is 47.5 Å². The average Bonchev–Trinajstić information content (AvgIpc) is 3.04. The second-order valence-electron chi connectivity index (χ2n) is 5.90. The van der Waals surface area contributed by atoms with E-state index in [9.17, 15) is 4.79 Å². The first-order valence-corrected chi connectivity index (χ1v) is 8.67. The predicted octanol–water partition coefficient (Wildman–Crippen LogP) is 5.09. The van der Waals surface area contributed by atoms with E-state index in [-0.39, 0.29) is 12.6 Å². The first kappa shape index (κ1) is 16.4. The number of carbonyl (C=O) groups is 1. The summed E-state index contributed by atoms with van der Waals surface area (Å²) in [5.74, 6) is -0.305. The molecule has 3 rings (SSSR count). The van der Waals surface area contributed by atoms with Crippen LogP contribution in [0.3, 0.4) is 0 Å². The van der Waals surface area contributed by atoms with Crippen molar-refractivity contribution in [3.8, 4) is 10.6 Å². The van der Waals surface area contributed by atoms with E-state index in [1.165, 1.54) is 5.56 Å². The van der Waals surface area contributed by atoms with Crippen molar-refractivity contribution >= 4 is 17.3 Å². The van der Waals surface area contributed by atoms with Crippen molar-refractivity contribution in [2.75, 3.05) is 0 Å². The molecule has 0 saturated carbocycles. The lowest BCUT2D eigenvalue weighted by molar-refractivity contribution is 0.0467. The van der Waals surface area contributed by atoms with Crippen LogP contribution in [-0.4, -0.2) is 11.0 Å². The fraction of sp³-hybridized carbons (Fsp3) is 0.200. The zero-order valence-corrected chi connectivity index (χ0v) is 14.8. The van der Waals surface area contributed by atoms with Gasteiger partial charge in [0.1, 0.15) is 11.6 Å². The summed E-state index contributed by atoms with van der Waals surface area (Å²) in [5.41, 5.74) is 5.65. The Morgan fingerprint density at radius 3 is 2.50 bits per heavy atom. The summed E-state index contributed by atoms with van der Waals surface area (Å²) in [4.78, 5) is 16.8. The van der Waals surface area contributed by atoms with Crippen LogP contribution in [0.1, 0.15) is 32.7 Å². The van der Waals surface area contributed by atoms with Crippen LogP contribution in [0, 0.1) is 20.8 Å². The summed E-state index contributed by atoms with van der Waals surface area (Å²) >= 11 is 1.56. The van der Waals surface area contributed by atoms with E-state index in [2.05, 4.69) is 36.2 Å². The lowest BCUT2D eigenvalue weighted by atomic mass is 10.1. The molecule has 0 saturated heterocycles. The van der Waals surface area contributed by atoms with Crippen LogP contribution in [-0.2, 0) is 11.3 Å². The second kappa shape index (κ2) is 6.97. The Balaban J connectivity index is 1.68. The summed E-state index contributed by atoms with van der Waals surface area (Å²) in [5, 5.41) is 2.87. The second-order valence-corrected chi connectivity index (χ2v) is 6.76. The number of aryl methyl sites for hydroxylation is 3. The number of nitrogens with zero attached hydrogens (tertiary/aromatic N) is 1. The normalized spacial score (nSPS) is 10.6. The number of carbonyl (C=O) groups excluding carboxylic acids is 1. The molecule has 0 amide bonds. The van der Waals surface area contributed by atoms with Crippen LogP contribution < -0.4 is 0 Å². The molecule has 0 aliphatic rings. The largest absolute Gasteiger partial charge is 0.456 e. The van der Waals surface area contributed by atoms with Gasteiger partial charge >= 0.3 is 5.97 Å². The molecule has 1 aromatic heterocycles. The highest BCUT2D eigenvalue weighted by molar-refractivity contribution is 7.13. The van der Waals surface area contributed by atoms with Crippen LogP contribution in [0.5, 0.6) is 0 Å². The van der Waals surface area contributed by atoms with E-state index in [4.69, 9.17) is 4.74 Å². The molecule has 3 aromatic rings. The minimum absolute atomic E-state index is 0.189. The van der Waals surface area contributed by atoms with E-state index >= 15 is 0 Å². The zero-order chi connectivity index (χ0) is 17.1. The minimum Gasteiger partial charge on any atom is -0.456 e. The van der Waals surface area contributed by atoms with Gasteiger partial charge in [0.2, 0.25) is 0 Å². The van der Waals surface area contributed by atoms with Gasteiger partial charge in [-0.2, -0.15) is 0 Å². The molecule has 2 aromatic carbocycles. The molecule has 0 N–H and O–H groups in total. The highest BCUT2D eigenvalue weighted by Gasteiger charge is 2.12. The lowest BCUT2D eigenvalue weighted by Gasteiger charge is -2.07. The highest BCUT2D eigenvalue weighted by Crippen LogP contribution is 2.24. The molecule has 4 heteroatoms. The Bertz CT molecular complexity index is 866. The fourth-order valence-electron chi connectivity index (χ4n) is 2.37. The lowest BCUT2D eigenvalue weighted by Crippen LogP contribution is -2.07. The number of hydrogen-bond donors (Lipinski definition) is 0. The number of benzene rings is 2. The van der Waals surface area contributed by atoms with Gasteiger partial charge in [-0.25, -0.2) is 9.78 Å². The molecule has 122 valence electrons. The fourth-order valence-corrected chi connectivity index (χ4v) is 3.19. The van der Waals surface area contributed by atoms with Gasteiger partial charge in [0.05, 0.1) is 11.3 Å². The van der Waals surface area contributed by atoms with Gasteiger partial charge < -0.3 is 4.74 Å².